The average Bonchev–Trinajstić information content (AvgIpc) is 3.11. The van der Waals surface area contributed by atoms with Gasteiger partial charge in [-0.15, -0.1) is 0 Å². The number of pyridine rings is 1. The van der Waals surface area contributed by atoms with E-state index >= 15 is 0 Å². The molecule has 6 nitrogen and oxygen atoms in total. The van der Waals surface area contributed by atoms with Crippen LogP contribution >= 0.6 is 0 Å². The van der Waals surface area contributed by atoms with Gasteiger partial charge in [0.15, 0.2) is 0 Å². The van der Waals surface area contributed by atoms with Gasteiger partial charge in [-0.05, 0) is 48.5 Å². The summed E-state index contributed by atoms with van der Waals surface area (Å²) in [5.41, 5.74) is 4.76. The van der Waals surface area contributed by atoms with Crippen LogP contribution in [-0.4, -0.2) is 28.8 Å². The van der Waals surface area contributed by atoms with Crippen LogP contribution in [0.5, 0.6) is 5.75 Å². The smallest absolute Gasteiger partial charge is 0.272 e. The van der Waals surface area contributed by atoms with Crippen molar-refractivity contribution in [2.75, 3.05) is 7.11 Å². The quantitative estimate of drug-likeness (QED) is 0.580. The number of rotatable bonds is 5. The van der Waals surface area contributed by atoms with Crippen molar-refractivity contribution in [3.8, 4) is 11.4 Å². The molecule has 0 bridgehead atoms. The Labute approximate surface area is 139 Å². The minimum absolute atomic E-state index is 0.304. The van der Waals surface area contributed by atoms with Gasteiger partial charge in [-0.1, -0.05) is 0 Å². The number of methoxy groups -OCH3 is 1. The number of aromatic nitrogens is 2. The van der Waals surface area contributed by atoms with E-state index in [1.165, 1.54) is 6.20 Å². The first-order valence-electron chi connectivity index (χ1n) is 7.33. The molecule has 0 aliphatic carbocycles. The topological polar surface area (TPSA) is 68.5 Å². The van der Waals surface area contributed by atoms with Crippen LogP contribution in [0.15, 0.2) is 72.2 Å². The second-order valence-electron chi connectivity index (χ2n) is 4.94. The monoisotopic (exact) mass is 320 g/mol. The van der Waals surface area contributed by atoms with Gasteiger partial charge < -0.3 is 9.30 Å². The predicted molar refractivity (Wildman–Crippen MR) is 91.6 cm³/mol. The van der Waals surface area contributed by atoms with Gasteiger partial charge in [0.1, 0.15) is 5.75 Å². The third-order valence-corrected chi connectivity index (χ3v) is 3.42. The number of hydrogen-bond acceptors (Lipinski definition) is 4. The van der Waals surface area contributed by atoms with Crippen molar-refractivity contribution in [2.24, 2.45) is 5.10 Å². The molecule has 1 aromatic carbocycles. The van der Waals surface area contributed by atoms with Crippen LogP contribution in [0.25, 0.3) is 5.69 Å². The molecular formula is C18H16N4O2. The van der Waals surface area contributed by atoms with Gasteiger partial charge in [0.25, 0.3) is 5.91 Å². The van der Waals surface area contributed by atoms with E-state index < -0.39 is 0 Å². The average molecular weight is 320 g/mol. The summed E-state index contributed by atoms with van der Waals surface area (Å²) in [7, 11) is 1.63. The van der Waals surface area contributed by atoms with Crippen molar-refractivity contribution in [3.63, 3.8) is 0 Å². The first-order chi connectivity index (χ1) is 11.8. The van der Waals surface area contributed by atoms with Crippen molar-refractivity contribution in [1.82, 2.24) is 15.0 Å². The minimum atomic E-state index is -0.304. The zero-order chi connectivity index (χ0) is 16.8. The van der Waals surface area contributed by atoms with Crippen molar-refractivity contribution in [3.05, 3.63) is 78.4 Å². The Balaban J connectivity index is 1.72. The number of nitrogens with zero attached hydrogens (tertiary/aromatic N) is 3. The molecule has 1 N–H and O–H groups in total. The number of ether oxygens (including phenoxy) is 1. The van der Waals surface area contributed by atoms with Crippen LogP contribution in [0, 0.1) is 0 Å². The van der Waals surface area contributed by atoms with Gasteiger partial charge in [-0.25, -0.2) is 5.43 Å². The highest BCUT2D eigenvalue weighted by Crippen LogP contribution is 2.16. The third kappa shape index (κ3) is 3.49. The first kappa shape index (κ1) is 15.5. The number of hydrogen-bond donors (Lipinski definition) is 1. The number of nitrogens with one attached hydrogen (secondary N) is 1. The summed E-state index contributed by atoms with van der Waals surface area (Å²) in [6.07, 6.45) is 6.62. The molecule has 24 heavy (non-hydrogen) atoms. The minimum Gasteiger partial charge on any atom is -0.497 e. The summed E-state index contributed by atoms with van der Waals surface area (Å²) in [5, 5.41) is 4.01. The molecule has 0 fully saturated rings. The number of benzene rings is 1. The molecule has 0 spiro atoms. The third-order valence-electron chi connectivity index (χ3n) is 3.42. The summed E-state index contributed by atoms with van der Waals surface area (Å²) >= 11 is 0. The maximum Gasteiger partial charge on any atom is 0.272 e. The molecule has 1 amide bonds. The molecule has 2 aromatic heterocycles. The van der Waals surface area contributed by atoms with E-state index in [0.29, 0.717) is 5.56 Å². The van der Waals surface area contributed by atoms with Gasteiger partial charge >= 0.3 is 0 Å². The highest BCUT2D eigenvalue weighted by atomic mass is 16.5. The molecule has 0 unspecified atom stereocenters. The Bertz CT molecular complexity index is 839. The predicted octanol–water partition coefficient (Wildman–Crippen LogP) is 2.64. The summed E-state index contributed by atoms with van der Waals surface area (Å²) < 4.78 is 7.12. The molecule has 120 valence electrons. The van der Waals surface area contributed by atoms with Crippen LogP contribution in [0.3, 0.4) is 0 Å². The molecule has 0 radical (unpaired) electrons. The normalized spacial score (nSPS) is 10.7. The van der Waals surface area contributed by atoms with E-state index in [4.69, 9.17) is 4.74 Å². The highest BCUT2D eigenvalue weighted by molar-refractivity contribution is 5.94. The summed E-state index contributed by atoms with van der Waals surface area (Å²) in [6.45, 7) is 0. The first-order valence-corrected chi connectivity index (χ1v) is 7.33. The van der Waals surface area contributed by atoms with E-state index in [0.717, 1.165) is 17.1 Å². The lowest BCUT2D eigenvalue weighted by molar-refractivity contribution is 0.0955. The lowest BCUT2D eigenvalue weighted by Gasteiger charge is -2.07. The lowest BCUT2D eigenvalue weighted by atomic mass is 10.3. The number of hydrazone groups is 1. The van der Waals surface area contributed by atoms with Gasteiger partial charge in [-0.3, -0.25) is 9.78 Å². The molecular weight excluding hydrogens is 304 g/mol. The molecule has 0 saturated carbocycles. The Kier molecular flexibility index (Phi) is 4.67. The number of carbonyl (C=O) groups excluding carboxylic acids is 1. The van der Waals surface area contributed by atoms with E-state index in [9.17, 15) is 4.79 Å². The van der Waals surface area contributed by atoms with Gasteiger partial charge in [0.05, 0.1) is 24.6 Å². The molecule has 0 atom stereocenters. The molecule has 0 saturated heterocycles. The lowest BCUT2D eigenvalue weighted by Crippen LogP contribution is -2.17. The highest BCUT2D eigenvalue weighted by Gasteiger charge is 2.04. The number of amides is 1. The molecule has 0 aliphatic rings. The zero-order valence-corrected chi connectivity index (χ0v) is 13.1. The van der Waals surface area contributed by atoms with Crippen molar-refractivity contribution < 1.29 is 9.53 Å². The molecule has 3 rings (SSSR count). The van der Waals surface area contributed by atoms with Crippen molar-refractivity contribution in [2.45, 2.75) is 0 Å². The van der Waals surface area contributed by atoms with Crippen LogP contribution in [0.4, 0.5) is 0 Å². The maximum atomic E-state index is 11.9. The summed E-state index contributed by atoms with van der Waals surface area (Å²) in [4.78, 5) is 15.8. The van der Waals surface area contributed by atoms with E-state index in [1.807, 2.05) is 47.2 Å². The van der Waals surface area contributed by atoms with E-state index in [-0.39, 0.29) is 5.91 Å². The van der Waals surface area contributed by atoms with E-state index in [1.54, 1.807) is 31.7 Å². The Morgan fingerprint density at radius 3 is 2.75 bits per heavy atom. The standard InChI is InChI=1S/C18H16N4O2/c1-24-17-8-6-15(7-9-17)22-11-3-5-16(22)13-20-21-18(23)14-4-2-10-19-12-14/h2-13H,1H3,(H,21,23)/b20-13-. The van der Waals surface area contributed by atoms with Crippen LogP contribution in [0.1, 0.15) is 16.1 Å². The molecule has 0 aliphatic heterocycles. The van der Waals surface area contributed by atoms with E-state index in [2.05, 4.69) is 15.5 Å². The van der Waals surface area contributed by atoms with Crippen LogP contribution < -0.4 is 10.2 Å². The van der Waals surface area contributed by atoms with Gasteiger partial charge in [0, 0.05) is 24.3 Å². The van der Waals surface area contributed by atoms with Crippen LogP contribution in [0.2, 0.25) is 0 Å². The van der Waals surface area contributed by atoms with Crippen molar-refractivity contribution in [1.29, 1.82) is 0 Å². The fourth-order valence-corrected chi connectivity index (χ4v) is 2.20. The SMILES string of the molecule is COc1ccc(-n2cccc2/C=N\NC(=O)c2cccnc2)cc1. The van der Waals surface area contributed by atoms with Gasteiger partial charge in [0.2, 0.25) is 0 Å². The summed E-state index contributed by atoms with van der Waals surface area (Å²) in [5.74, 6) is 0.492. The molecule has 6 heteroatoms. The Morgan fingerprint density at radius 1 is 1.21 bits per heavy atom. The van der Waals surface area contributed by atoms with Gasteiger partial charge in [-0.2, -0.15) is 5.10 Å². The summed E-state index contributed by atoms with van der Waals surface area (Å²) in [6, 6.07) is 14.9. The number of carbonyl (C=O) groups is 1. The fourth-order valence-electron chi connectivity index (χ4n) is 2.20. The largest absolute Gasteiger partial charge is 0.497 e. The van der Waals surface area contributed by atoms with Crippen LogP contribution in [-0.2, 0) is 0 Å². The second-order valence-corrected chi connectivity index (χ2v) is 4.94. The van der Waals surface area contributed by atoms with Crippen molar-refractivity contribution >= 4 is 12.1 Å². The molecule has 2 heterocycles. The Hall–Kier alpha value is -3.41. The second kappa shape index (κ2) is 7.23. The Morgan fingerprint density at radius 2 is 2.04 bits per heavy atom. The molecule has 3 aromatic rings. The zero-order valence-electron chi connectivity index (χ0n) is 13.1. The maximum absolute atomic E-state index is 11.9. The fraction of sp³-hybridized carbons (Fsp3) is 0.0556.